The number of hydrogen-bond donors (Lipinski definition) is 1. The molecule has 1 atom stereocenters. The highest BCUT2D eigenvalue weighted by Gasteiger charge is 2.33. The molecule has 1 N–H and O–H groups in total. The molecule has 0 fully saturated rings. The molecule has 6 nitrogen and oxygen atoms in total. The molecule has 1 aliphatic heterocycles. The summed E-state index contributed by atoms with van der Waals surface area (Å²) in [5, 5.41) is 11.4. The van der Waals surface area contributed by atoms with Crippen molar-refractivity contribution in [3.63, 3.8) is 0 Å². The zero-order valence-electron chi connectivity index (χ0n) is 12.8. The summed E-state index contributed by atoms with van der Waals surface area (Å²) in [6.07, 6.45) is -1.89. The van der Waals surface area contributed by atoms with Crippen LogP contribution in [0.4, 0.5) is 19.1 Å². The first kappa shape index (κ1) is 15.7. The Morgan fingerprint density at radius 3 is 2.78 bits per heavy atom. The SMILES string of the molecule is CC(C)c1nnc2n1C[C@@H](Nc1nccc(C(F)(F)F)n1)CC2. The fourth-order valence-corrected chi connectivity index (χ4v) is 2.66. The summed E-state index contributed by atoms with van der Waals surface area (Å²) in [5.41, 5.74) is -0.946. The smallest absolute Gasteiger partial charge is 0.350 e. The molecule has 3 rings (SSSR count). The van der Waals surface area contributed by atoms with E-state index in [0.717, 1.165) is 36.8 Å². The van der Waals surface area contributed by atoms with Gasteiger partial charge in [-0.15, -0.1) is 10.2 Å². The number of halogens is 3. The van der Waals surface area contributed by atoms with Crippen LogP contribution >= 0.6 is 0 Å². The van der Waals surface area contributed by atoms with Crippen LogP contribution in [0, 0.1) is 0 Å². The summed E-state index contributed by atoms with van der Waals surface area (Å²) >= 11 is 0. The van der Waals surface area contributed by atoms with Gasteiger partial charge in [0.1, 0.15) is 17.3 Å². The second-order valence-electron chi connectivity index (χ2n) is 5.88. The maximum Gasteiger partial charge on any atom is 0.433 e. The lowest BCUT2D eigenvalue weighted by Gasteiger charge is -2.26. The average Bonchev–Trinajstić information content (AvgIpc) is 2.90. The van der Waals surface area contributed by atoms with Crippen molar-refractivity contribution in [3.8, 4) is 0 Å². The van der Waals surface area contributed by atoms with Gasteiger partial charge in [0.25, 0.3) is 0 Å². The van der Waals surface area contributed by atoms with Crippen molar-refractivity contribution in [3.05, 3.63) is 29.6 Å². The van der Waals surface area contributed by atoms with Gasteiger partial charge in [0.05, 0.1) is 0 Å². The minimum atomic E-state index is -4.47. The van der Waals surface area contributed by atoms with E-state index in [2.05, 4.69) is 25.5 Å². The third kappa shape index (κ3) is 3.27. The minimum absolute atomic E-state index is 0.00699. The molecule has 0 aromatic carbocycles. The summed E-state index contributed by atoms with van der Waals surface area (Å²) in [7, 11) is 0. The van der Waals surface area contributed by atoms with Crippen LogP contribution in [0.25, 0.3) is 0 Å². The molecule has 9 heteroatoms. The zero-order chi connectivity index (χ0) is 16.6. The van der Waals surface area contributed by atoms with E-state index in [1.165, 1.54) is 0 Å². The molecule has 0 bridgehead atoms. The van der Waals surface area contributed by atoms with Gasteiger partial charge in [-0.05, 0) is 12.5 Å². The van der Waals surface area contributed by atoms with Gasteiger partial charge in [-0.1, -0.05) is 13.8 Å². The Morgan fingerprint density at radius 2 is 2.09 bits per heavy atom. The van der Waals surface area contributed by atoms with Gasteiger partial charge in [0.15, 0.2) is 0 Å². The standard InChI is InChI=1S/C14H17F3N6/c1-8(2)12-22-21-11-4-3-9(7-23(11)12)19-13-18-6-5-10(20-13)14(15,16)17/h5-6,8-9H,3-4,7H2,1-2H3,(H,18,19,20)/t9-/m0/s1. The van der Waals surface area contributed by atoms with E-state index in [-0.39, 0.29) is 17.9 Å². The lowest BCUT2D eigenvalue weighted by Crippen LogP contribution is -2.33. The minimum Gasteiger partial charge on any atom is -0.350 e. The van der Waals surface area contributed by atoms with Crippen molar-refractivity contribution in [2.45, 2.75) is 51.4 Å². The van der Waals surface area contributed by atoms with Crippen LogP contribution in [0.3, 0.4) is 0 Å². The summed E-state index contributed by atoms with van der Waals surface area (Å²) in [6, 6.07) is 0.806. The molecule has 2 aromatic rings. The summed E-state index contributed by atoms with van der Waals surface area (Å²) in [5.74, 6) is 2.03. The third-order valence-corrected chi connectivity index (χ3v) is 3.77. The van der Waals surface area contributed by atoms with Crippen molar-refractivity contribution in [2.24, 2.45) is 0 Å². The Kier molecular flexibility index (Phi) is 3.95. The largest absolute Gasteiger partial charge is 0.433 e. The van der Waals surface area contributed by atoms with E-state index in [0.29, 0.717) is 6.54 Å². The van der Waals surface area contributed by atoms with E-state index in [4.69, 9.17) is 0 Å². The molecule has 124 valence electrons. The number of alkyl halides is 3. The van der Waals surface area contributed by atoms with E-state index in [1.54, 1.807) is 0 Å². The first-order chi connectivity index (χ1) is 10.8. The van der Waals surface area contributed by atoms with Crippen molar-refractivity contribution in [1.82, 2.24) is 24.7 Å². The average molecular weight is 326 g/mol. The molecule has 0 radical (unpaired) electrons. The Labute approximate surface area is 131 Å². The third-order valence-electron chi connectivity index (χ3n) is 3.77. The number of hydrogen-bond acceptors (Lipinski definition) is 5. The Hall–Kier alpha value is -2.19. The molecule has 23 heavy (non-hydrogen) atoms. The van der Waals surface area contributed by atoms with Gasteiger partial charge < -0.3 is 9.88 Å². The summed E-state index contributed by atoms with van der Waals surface area (Å²) in [6.45, 7) is 4.66. The normalized spacial score (nSPS) is 18.1. The van der Waals surface area contributed by atoms with Gasteiger partial charge in [0.2, 0.25) is 5.95 Å². The highest BCUT2D eigenvalue weighted by molar-refractivity contribution is 5.28. The van der Waals surface area contributed by atoms with Crippen LogP contribution in [-0.4, -0.2) is 30.8 Å². The predicted molar refractivity (Wildman–Crippen MR) is 76.9 cm³/mol. The summed E-state index contributed by atoms with van der Waals surface area (Å²) in [4.78, 5) is 7.44. The van der Waals surface area contributed by atoms with Crippen LogP contribution < -0.4 is 5.32 Å². The monoisotopic (exact) mass is 326 g/mol. The Bertz CT molecular complexity index is 694. The molecule has 0 amide bonds. The fraction of sp³-hybridized carbons (Fsp3) is 0.571. The number of fused-ring (bicyclic) bond motifs is 1. The number of aromatic nitrogens is 5. The number of nitrogens with one attached hydrogen (secondary N) is 1. The number of anilines is 1. The molecular formula is C14H17F3N6. The Morgan fingerprint density at radius 1 is 1.30 bits per heavy atom. The van der Waals surface area contributed by atoms with Crippen LogP contribution in [0.1, 0.15) is 43.5 Å². The molecule has 2 aromatic heterocycles. The van der Waals surface area contributed by atoms with Crippen molar-refractivity contribution in [2.75, 3.05) is 5.32 Å². The van der Waals surface area contributed by atoms with E-state index in [9.17, 15) is 13.2 Å². The van der Waals surface area contributed by atoms with Crippen LogP contribution in [0.15, 0.2) is 12.3 Å². The molecular weight excluding hydrogens is 309 g/mol. The van der Waals surface area contributed by atoms with Crippen molar-refractivity contribution >= 4 is 5.95 Å². The van der Waals surface area contributed by atoms with Crippen LogP contribution in [0.2, 0.25) is 0 Å². The van der Waals surface area contributed by atoms with Crippen LogP contribution in [-0.2, 0) is 19.1 Å². The predicted octanol–water partition coefficient (Wildman–Crippen LogP) is 2.64. The van der Waals surface area contributed by atoms with Crippen molar-refractivity contribution < 1.29 is 13.2 Å². The van der Waals surface area contributed by atoms with Gasteiger partial charge in [-0.25, -0.2) is 9.97 Å². The second-order valence-corrected chi connectivity index (χ2v) is 5.88. The topological polar surface area (TPSA) is 68.5 Å². The first-order valence-corrected chi connectivity index (χ1v) is 7.43. The maximum absolute atomic E-state index is 12.7. The van der Waals surface area contributed by atoms with Gasteiger partial charge >= 0.3 is 6.18 Å². The molecule has 0 saturated carbocycles. The number of nitrogens with zero attached hydrogens (tertiary/aromatic N) is 5. The Balaban J connectivity index is 1.76. The number of rotatable bonds is 3. The lowest BCUT2D eigenvalue weighted by molar-refractivity contribution is -0.141. The highest BCUT2D eigenvalue weighted by Crippen LogP contribution is 2.28. The van der Waals surface area contributed by atoms with Gasteiger partial charge in [-0.2, -0.15) is 13.2 Å². The first-order valence-electron chi connectivity index (χ1n) is 7.43. The maximum atomic E-state index is 12.7. The van der Waals surface area contributed by atoms with Gasteiger partial charge in [0, 0.05) is 31.1 Å². The zero-order valence-corrected chi connectivity index (χ0v) is 12.8. The van der Waals surface area contributed by atoms with E-state index < -0.39 is 11.9 Å². The molecule has 0 aliphatic carbocycles. The molecule has 0 unspecified atom stereocenters. The van der Waals surface area contributed by atoms with E-state index >= 15 is 0 Å². The van der Waals surface area contributed by atoms with Gasteiger partial charge in [-0.3, -0.25) is 0 Å². The van der Waals surface area contributed by atoms with E-state index in [1.807, 2.05) is 18.4 Å². The quantitative estimate of drug-likeness (QED) is 0.939. The fourth-order valence-electron chi connectivity index (χ4n) is 2.66. The lowest BCUT2D eigenvalue weighted by atomic mass is 10.1. The molecule has 1 aliphatic rings. The highest BCUT2D eigenvalue weighted by atomic mass is 19.4. The number of aryl methyl sites for hydroxylation is 1. The molecule has 0 saturated heterocycles. The molecule has 3 heterocycles. The summed E-state index contributed by atoms with van der Waals surface area (Å²) < 4.78 is 40.1. The second kappa shape index (κ2) is 5.78. The molecule has 0 spiro atoms. The van der Waals surface area contributed by atoms with Crippen molar-refractivity contribution in [1.29, 1.82) is 0 Å². The van der Waals surface area contributed by atoms with Crippen LogP contribution in [0.5, 0.6) is 0 Å².